The molecule has 0 radical (unpaired) electrons. The van der Waals surface area contributed by atoms with Gasteiger partial charge in [-0.3, -0.25) is 4.79 Å². The molecule has 0 aliphatic rings. The van der Waals surface area contributed by atoms with Crippen molar-refractivity contribution < 1.29 is 27.9 Å². The second-order valence-electron chi connectivity index (χ2n) is 5.28. The third-order valence-electron chi connectivity index (χ3n) is 3.21. The SMILES string of the molecule is O=C(CS/C(=C/c1ccc(Br)cc1)C(=O)O)Nc1cccc(C(F)(F)F)c1. The molecular formula is C18H13BrF3NO3S. The molecular weight excluding hydrogens is 447 g/mol. The summed E-state index contributed by atoms with van der Waals surface area (Å²) < 4.78 is 38.9. The molecule has 0 atom stereocenters. The van der Waals surface area contributed by atoms with Gasteiger partial charge in [0.2, 0.25) is 5.91 Å². The van der Waals surface area contributed by atoms with Gasteiger partial charge in [-0.25, -0.2) is 4.79 Å². The van der Waals surface area contributed by atoms with E-state index >= 15 is 0 Å². The minimum atomic E-state index is -4.51. The van der Waals surface area contributed by atoms with Crippen molar-refractivity contribution in [2.24, 2.45) is 0 Å². The number of hydrogen-bond acceptors (Lipinski definition) is 3. The van der Waals surface area contributed by atoms with Gasteiger partial charge < -0.3 is 10.4 Å². The zero-order valence-corrected chi connectivity index (χ0v) is 16.0. The monoisotopic (exact) mass is 459 g/mol. The van der Waals surface area contributed by atoms with Gasteiger partial charge in [-0.1, -0.05) is 34.1 Å². The Morgan fingerprint density at radius 2 is 1.81 bits per heavy atom. The van der Waals surface area contributed by atoms with Crippen LogP contribution in [0.4, 0.5) is 18.9 Å². The summed E-state index contributed by atoms with van der Waals surface area (Å²) >= 11 is 4.05. The maximum Gasteiger partial charge on any atom is 0.416 e. The van der Waals surface area contributed by atoms with Crippen molar-refractivity contribution in [2.45, 2.75) is 6.18 Å². The van der Waals surface area contributed by atoms with Crippen molar-refractivity contribution in [1.82, 2.24) is 0 Å². The third kappa shape index (κ3) is 6.76. The third-order valence-corrected chi connectivity index (χ3v) is 4.75. The maximum atomic E-state index is 12.7. The number of amides is 1. The predicted octanol–water partition coefficient (Wildman–Crippen LogP) is 5.27. The van der Waals surface area contributed by atoms with Crippen LogP contribution in [-0.2, 0) is 15.8 Å². The first-order valence-electron chi connectivity index (χ1n) is 7.45. The van der Waals surface area contributed by atoms with Crippen molar-refractivity contribution in [1.29, 1.82) is 0 Å². The molecule has 27 heavy (non-hydrogen) atoms. The van der Waals surface area contributed by atoms with E-state index in [1.54, 1.807) is 24.3 Å². The largest absolute Gasteiger partial charge is 0.477 e. The van der Waals surface area contributed by atoms with E-state index in [9.17, 15) is 27.9 Å². The van der Waals surface area contributed by atoms with E-state index < -0.39 is 23.6 Å². The van der Waals surface area contributed by atoms with Crippen LogP contribution in [0.5, 0.6) is 0 Å². The number of carbonyl (C=O) groups excluding carboxylic acids is 1. The van der Waals surface area contributed by atoms with Crippen molar-refractivity contribution in [3.8, 4) is 0 Å². The van der Waals surface area contributed by atoms with Crippen LogP contribution in [0.25, 0.3) is 6.08 Å². The van der Waals surface area contributed by atoms with Gasteiger partial charge in [0.15, 0.2) is 0 Å². The quantitative estimate of drug-likeness (QED) is 0.577. The van der Waals surface area contributed by atoms with Crippen LogP contribution >= 0.6 is 27.7 Å². The van der Waals surface area contributed by atoms with Crippen LogP contribution in [0, 0.1) is 0 Å². The molecule has 2 N–H and O–H groups in total. The molecule has 2 rings (SSSR count). The lowest BCUT2D eigenvalue weighted by atomic mass is 10.2. The lowest BCUT2D eigenvalue weighted by Crippen LogP contribution is -2.15. The Hall–Kier alpha value is -2.26. The van der Waals surface area contributed by atoms with Gasteiger partial charge in [0.1, 0.15) is 0 Å². The fourth-order valence-corrected chi connectivity index (χ4v) is 2.96. The molecule has 0 saturated carbocycles. The Kier molecular flexibility index (Phi) is 7.09. The van der Waals surface area contributed by atoms with Gasteiger partial charge in [-0.05, 0) is 42.0 Å². The van der Waals surface area contributed by atoms with E-state index in [4.69, 9.17) is 0 Å². The Morgan fingerprint density at radius 3 is 2.41 bits per heavy atom. The Bertz CT molecular complexity index is 867. The number of carbonyl (C=O) groups is 2. The van der Waals surface area contributed by atoms with E-state index in [0.717, 1.165) is 28.4 Å². The minimum absolute atomic E-state index is 0.0100. The van der Waals surface area contributed by atoms with Crippen LogP contribution in [0.1, 0.15) is 11.1 Å². The second kappa shape index (κ2) is 9.09. The minimum Gasteiger partial charge on any atom is -0.477 e. The Balaban J connectivity index is 2.02. The molecule has 0 bridgehead atoms. The van der Waals surface area contributed by atoms with E-state index in [2.05, 4.69) is 21.2 Å². The first-order valence-corrected chi connectivity index (χ1v) is 9.23. The van der Waals surface area contributed by atoms with Gasteiger partial charge in [-0.15, -0.1) is 11.8 Å². The number of rotatable bonds is 6. The zero-order chi connectivity index (χ0) is 20.0. The number of thioether (sulfide) groups is 1. The first kappa shape index (κ1) is 21.0. The molecule has 142 valence electrons. The van der Waals surface area contributed by atoms with Crippen molar-refractivity contribution >= 4 is 51.3 Å². The molecule has 4 nitrogen and oxygen atoms in total. The highest BCUT2D eigenvalue weighted by Crippen LogP contribution is 2.30. The smallest absolute Gasteiger partial charge is 0.416 e. The summed E-state index contributed by atoms with van der Waals surface area (Å²) in [4.78, 5) is 23.2. The van der Waals surface area contributed by atoms with E-state index in [1.165, 1.54) is 18.2 Å². The summed E-state index contributed by atoms with van der Waals surface area (Å²) in [5.41, 5.74) is -0.250. The number of carboxylic acids is 1. The summed E-state index contributed by atoms with van der Waals surface area (Å²) in [5, 5.41) is 11.6. The van der Waals surface area contributed by atoms with E-state index in [-0.39, 0.29) is 16.3 Å². The maximum absolute atomic E-state index is 12.7. The molecule has 0 aromatic heterocycles. The summed E-state index contributed by atoms with van der Waals surface area (Å²) in [7, 11) is 0. The summed E-state index contributed by atoms with van der Waals surface area (Å²) in [6, 6.07) is 11.1. The number of benzene rings is 2. The highest BCUT2D eigenvalue weighted by atomic mass is 79.9. The van der Waals surface area contributed by atoms with Gasteiger partial charge in [0, 0.05) is 10.2 Å². The lowest BCUT2D eigenvalue weighted by Gasteiger charge is -2.10. The van der Waals surface area contributed by atoms with Crippen LogP contribution in [0.2, 0.25) is 0 Å². The molecule has 0 aliphatic heterocycles. The van der Waals surface area contributed by atoms with Gasteiger partial charge in [-0.2, -0.15) is 13.2 Å². The molecule has 0 fully saturated rings. The van der Waals surface area contributed by atoms with Crippen molar-refractivity contribution in [3.05, 3.63) is 69.0 Å². The van der Waals surface area contributed by atoms with Crippen LogP contribution in [0.15, 0.2) is 57.9 Å². The molecule has 0 aliphatic carbocycles. The predicted molar refractivity (Wildman–Crippen MR) is 102 cm³/mol. The van der Waals surface area contributed by atoms with Gasteiger partial charge in [0.25, 0.3) is 0 Å². The standard InChI is InChI=1S/C18H13BrF3NO3S/c19-13-6-4-11(5-7-13)8-15(17(25)26)27-10-16(24)23-14-3-1-2-12(9-14)18(20,21)22/h1-9H,10H2,(H,23,24)(H,25,26)/b15-8+. The van der Waals surface area contributed by atoms with Crippen LogP contribution in [-0.4, -0.2) is 22.7 Å². The molecule has 1 amide bonds. The summed E-state index contributed by atoms with van der Waals surface area (Å²) in [6.45, 7) is 0. The molecule has 2 aromatic rings. The first-order chi connectivity index (χ1) is 12.6. The Morgan fingerprint density at radius 1 is 1.15 bits per heavy atom. The molecule has 2 aromatic carbocycles. The fraction of sp³-hybridized carbons (Fsp3) is 0.111. The number of hydrogen-bond donors (Lipinski definition) is 2. The fourth-order valence-electron chi connectivity index (χ4n) is 1.99. The number of nitrogens with one attached hydrogen (secondary N) is 1. The van der Waals surface area contributed by atoms with Gasteiger partial charge >= 0.3 is 12.1 Å². The van der Waals surface area contributed by atoms with Gasteiger partial charge in [0.05, 0.1) is 16.2 Å². The number of alkyl halides is 3. The van der Waals surface area contributed by atoms with Crippen molar-refractivity contribution in [3.63, 3.8) is 0 Å². The van der Waals surface area contributed by atoms with E-state index in [1.807, 2.05) is 0 Å². The Labute approximate surface area is 165 Å². The zero-order valence-electron chi connectivity index (χ0n) is 13.6. The number of halogens is 4. The molecule has 9 heteroatoms. The highest BCUT2D eigenvalue weighted by Gasteiger charge is 2.30. The van der Waals surface area contributed by atoms with E-state index in [0.29, 0.717) is 5.56 Å². The molecule has 0 saturated heterocycles. The number of anilines is 1. The number of carboxylic acid groups (broad SMARTS) is 1. The topological polar surface area (TPSA) is 66.4 Å². The molecule has 0 spiro atoms. The van der Waals surface area contributed by atoms with Crippen LogP contribution < -0.4 is 5.32 Å². The number of aliphatic carboxylic acids is 1. The second-order valence-corrected chi connectivity index (χ2v) is 7.21. The lowest BCUT2D eigenvalue weighted by molar-refractivity contribution is -0.137. The normalized spacial score (nSPS) is 11.9. The molecule has 0 heterocycles. The van der Waals surface area contributed by atoms with Crippen molar-refractivity contribution in [2.75, 3.05) is 11.1 Å². The average molecular weight is 460 g/mol. The molecule has 0 unspecified atom stereocenters. The average Bonchev–Trinajstić information content (AvgIpc) is 2.59. The summed E-state index contributed by atoms with van der Waals surface area (Å²) in [6.07, 6.45) is -3.10. The van der Waals surface area contributed by atoms with Crippen LogP contribution in [0.3, 0.4) is 0 Å². The summed E-state index contributed by atoms with van der Waals surface area (Å²) in [5.74, 6) is -2.07. The highest BCUT2D eigenvalue weighted by molar-refractivity contribution is 9.10.